The summed E-state index contributed by atoms with van der Waals surface area (Å²) in [5.74, 6) is -0.918. The normalized spacial score (nSPS) is 33.5. The highest BCUT2D eigenvalue weighted by atomic mass is 16.4. The van der Waals surface area contributed by atoms with Crippen LogP contribution in [0.25, 0.3) is 0 Å². The monoisotopic (exact) mass is 253 g/mol. The molecule has 0 radical (unpaired) electrons. The first kappa shape index (κ1) is 13.4. The van der Waals surface area contributed by atoms with Gasteiger partial charge in [0, 0.05) is 12.5 Å². The summed E-state index contributed by atoms with van der Waals surface area (Å²) in [6.07, 6.45) is 1.34. The van der Waals surface area contributed by atoms with Gasteiger partial charge in [-0.3, -0.25) is 4.79 Å². The van der Waals surface area contributed by atoms with E-state index < -0.39 is 11.5 Å². The second kappa shape index (κ2) is 3.49. The van der Waals surface area contributed by atoms with Crippen molar-refractivity contribution in [2.75, 3.05) is 6.54 Å². The number of amides is 1. The van der Waals surface area contributed by atoms with Crippen molar-refractivity contribution in [2.24, 2.45) is 16.7 Å². The molecule has 1 atom stereocenters. The molecule has 1 N–H and O–H groups in total. The predicted molar refractivity (Wildman–Crippen MR) is 68.0 cm³/mol. The molecule has 0 bridgehead atoms. The number of aliphatic carboxylic acids is 1. The van der Waals surface area contributed by atoms with Crippen LogP contribution >= 0.6 is 0 Å². The fraction of sp³-hybridized carbons (Fsp3) is 0.857. The zero-order valence-corrected chi connectivity index (χ0v) is 11.9. The molecule has 4 heteroatoms. The Labute approximate surface area is 108 Å². The number of carboxylic acids is 1. The van der Waals surface area contributed by atoms with E-state index in [1.807, 2.05) is 0 Å². The van der Waals surface area contributed by atoms with Crippen LogP contribution in [0.15, 0.2) is 0 Å². The second-order valence-corrected chi connectivity index (χ2v) is 7.05. The van der Waals surface area contributed by atoms with E-state index in [-0.39, 0.29) is 22.7 Å². The van der Waals surface area contributed by atoms with E-state index >= 15 is 0 Å². The molecule has 2 rings (SSSR count). The zero-order valence-electron chi connectivity index (χ0n) is 11.9. The number of hydrogen-bond acceptors (Lipinski definition) is 2. The van der Waals surface area contributed by atoms with Crippen molar-refractivity contribution in [1.29, 1.82) is 0 Å². The van der Waals surface area contributed by atoms with Gasteiger partial charge in [0.25, 0.3) is 0 Å². The van der Waals surface area contributed by atoms with Crippen molar-refractivity contribution in [3.63, 3.8) is 0 Å². The molecule has 1 heterocycles. The second-order valence-electron chi connectivity index (χ2n) is 7.05. The summed E-state index contributed by atoms with van der Waals surface area (Å²) in [5, 5.41) is 9.36. The third kappa shape index (κ3) is 1.44. The van der Waals surface area contributed by atoms with Gasteiger partial charge in [-0.05, 0) is 30.6 Å². The largest absolute Gasteiger partial charge is 0.480 e. The molecule has 2 fully saturated rings. The van der Waals surface area contributed by atoms with Crippen LogP contribution in [0.4, 0.5) is 0 Å². The van der Waals surface area contributed by atoms with Crippen molar-refractivity contribution in [1.82, 2.24) is 4.90 Å². The Morgan fingerprint density at radius 1 is 1.11 bits per heavy atom. The van der Waals surface area contributed by atoms with Gasteiger partial charge in [-0.25, -0.2) is 4.79 Å². The molecule has 0 aromatic rings. The zero-order chi connectivity index (χ0) is 13.9. The number of rotatable bonds is 2. The molecule has 4 nitrogen and oxygen atoms in total. The average molecular weight is 253 g/mol. The number of carbonyl (C=O) groups excluding carboxylic acids is 1. The van der Waals surface area contributed by atoms with Gasteiger partial charge >= 0.3 is 5.97 Å². The van der Waals surface area contributed by atoms with E-state index in [0.717, 1.165) is 6.42 Å². The van der Waals surface area contributed by atoms with E-state index in [0.29, 0.717) is 13.0 Å². The number of likely N-dealkylation sites (tertiary alicyclic amines) is 1. The van der Waals surface area contributed by atoms with Crippen molar-refractivity contribution in [3.8, 4) is 0 Å². The molecule has 1 saturated carbocycles. The van der Waals surface area contributed by atoms with Gasteiger partial charge in [-0.15, -0.1) is 0 Å². The maximum Gasteiger partial charge on any atom is 0.329 e. The van der Waals surface area contributed by atoms with Gasteiger partial charge < -0.3 is 10.0 Å². The Balaban J connectivity index is 2.24. The quantitative estimate of drug-likeness (QED) is 0.820. The number of nitrogens with zero attached hydrogens (tertiary/aromatic N) is 1. The van der Waals surface area contributed by atoms with E-state index in [1.165, 1.54) is 0 Å². The highest BCUT2D eigenvalue weighted by Gasteiger charge is 2.70. The van der Waals surface area contributed by atoms with E-state index in [1.54, 1.807) is 11.8 Å². The van der Waals surface area contributed by atoms with Gasteiger partial charge in [0.15, 0.2) is 0 Å². The number of hydrogen-bond donors (Lipinski definition) is 1. The number of carbonyl (C=O) groups is 2. The Kier molecular flexibility index (Phi) is 2.59. The minimum Gasteiger partial charge on any atom is -0.480 e. The SMILES string of the molecule is CC1(C(=O)O)CCCN1C(=O)C1C(C)(C)C1(C)C. The van der Waals surface area contributed by atoms with Gasteiger partial charge in [0.05, 0.1) is 0 Å². The van der Waals surface area contributed by atoms with Crippen LogP contribution in [0.3, 0.4) is 0 Å². The standard InChI is InChI=1S/C14H23NO3/c1-12(2)9(13(12,3)4)10(16)15-8-6-7-14(15,5)11(17)18/h9H,6-8H2,1-5H3,(H,17,18). The van der Waals surface area contributed by atoms with Crippen molar-refractivity contribution in [3.05, 3.63) is 0 Å². The Hall–Kier alpha value is -1.06. The lowest BCUT2D eigenvalue weighted by atomic mass is 9.98. The fourth-order valence-electron chi connectivity index (χ4n) is 3.51. The smallest absolute Gasteiger partial charge is 0.329 e. The Morgan fingerprint density at radius 3 is 2.00 bits per heavy atom. The van der Waals surface area contributed by atoms with Crippen molar-refractivity contribution < 1.29 is 14.7 Å². The van der Waals surface area contributed by atoms with Crippen LogP contribution in [0, 0.1) is 16.7 Å². The van der Waals surface area contributed by atoms with Crippen LogP contribution in [-0.4, -0.2) is 34.0 Å². The van der Waals surface area contributed by atoms with Gasteiger partial charge in [0.2, 0.25) is 5.91 Å². The van der Waals surface area contributed by atoms with Gasteiger partial charge in [-0.2, -0.15) is 0 Å². The first-order chi connectivity index (χ1) is 8.07. The Bertz CT molecular complexity index is 399. The lowest BCUT2D eigenvalue weighted by Gasteiger charge is -2.32. The van der Waals surface area contributed by atoms with E-state index in [4.69, 9.17) is 0 Å². The van der Waals surface area contributed by atoms with E-state index in [2.05, 4.69) is 27.7 Å². The van der Waals surface area contributed by atoms with Gasteiger partial charge in [0.1, 0.15) is 5.54 Å². The highest BCUT2D eigenvalue weighted by molar-refractivity contribution is 5.91. The molecule has 1 saturated heterocycles. The summed E-state index contributed by atoms with van der Waals surface area (Å²) >= 11 is 0. The lowest BCUT2D eigenvalue weighted by molar-refractivity contribution is -0.156. The van der Waals surface area contributed by atoms with Crippen LogP contribution in [0.5, 0.6) is 0 Å². The molecule has 0 aromatic carbocycles. The topological polar surface area (TPSA) is 57.6 Å². The molecule has 1 aliphatic heterocycles. The minimum atomic E-state index is -1.01. The summed E-state index contributed by atoms with van der Waals surface area (Å²) in [5.41, 5.74) is -1.08. The van der Waals surface area contributed by atoms with Gasteiger partial charge in [-0.1, -0.05) is 27.7 Å². The highest BCUT2D eigenvalue weighted by Crippen LogP contribution is 2.69. The van der Waals surface area contributed by atoms with Crippen LogP contribution in [0.2, 0.25) is 0 Å². The molecule has 2 aliphatic rings. The first-order valence-corrected chi connectivity index (χ1v) is 6.61. The summed E-state index contributed by atoms with van der Waals surface area (Å²) in [6, 6.07) is 0. The molecule has 1 aliphatic carbocycles. The molecule has 18 heavy (non-hydrogen) atoms. The molecule has 0 aromatic heterocycles. The van der Waals surface area contributed by atoms with E-state index in [9.17, 15) is 14.7 Å². The molecular formula is C14H23NO3. The summed E-state index contributed by atoms with van der Waals surface area (Å²) in [7, 11) is 0. The van der Waals surface area contributed by atoms with Crippen molar-refractivity contribution in [2.45, 2.75) is 53.0 Å². The van der Waals surface area contributed by atoms with Crippen molar-refractivity contribution >= 4 is 11.9 Å². The van der Waals surface area contributed by atoms with Crippen LogP contribution < -0.4 is 0 Å². The molecular weight excluding hydrogens is 230 g/mol. The third-order valence-corrected chi connectivity index (χ3v) is 5.64. The first-order valence-electron chi connectivity index (χ1n) is 6.61. The molecule has 1 unspecified atom stereocenters. The Morgan fingerprint density at radius 2 is 1.61 bits per heavy atom. The summed E-state index contributed by atoms with van der Waals surface area (Å²) < 4.78 is 0. The lowest BCUT2D eigenvalue weighted by Crippen LogP contribution is -2.51. The number of carboxylic acid groups (broad SMARTS) is 1. The third-order valence-electron chi connectivity index (χ3n) is 5.64. The van der Waals surface area contributed by atoms with Crippen LogP contribution in [0.1, 0.15) is 47.5 Å². The predicted octanol–water partition coefficient (Wildman–Crippen LogP) is 2.13. The molecule has 102 valence electrons. The minimum absolute atomic E-state index is 0.0207. The maximum absolute atomic E-state index is 12.6. The summed E-state index contributed by atoms with van der Waals surface area (Å²) in [6.45, 7) is 10.6. The molecule has 1 amide bonds. The average Bonchev–Trinajstić information content (AvgIpc) is 2.57. The summed E-state index contributed by atoms with van der Waals surface area (Å²) in [4.78, 5) is 25.6. The molecule has 0 spiro atoms. The fourth-order valence-corrected chi connectivity index (χ4v) is 3.51. The van der Waals surface area contributed by atoms with Crippen LogP contribution in [-0.2, 0) is 9.59 Å². The maximum atomic E-state index is 12.6.